The van der Waals surface area contributed by atoms with Crippen molar-refractivity contribution in [2.75, 3.05) is 19.8 Å². The highest BCUT2D eigenvalue weighted by molar-refractivity contribution is 5.71. The van der Waals surface area contributed by atoms with Crippen LogP contribution in [-0.4, -0.2) is 37.9 Å². The molecular weight excluding hydrogens is 813 g/mol. The number of carbonyl (C=O) groups is 2. The summed E-state index contributed by atoms with van der Waals surface area (Å²) in [5.41, 5.74) is 0. The molecule has 370 valence electrons. The smallest absolute Gasteiger partial charge is 0.309 e. The van der Waals surface area contributed by atoms with Crippen molar-refractivity contribution in [1.82, 2.24) is 0 Å². The Balaban J connectivity index is 4.49. The van der Waals surface area contributed by atoms with Crippen LogP contribution in [0.1, 0.15) is 201 Å². The monoisotopic (exact) mass is 909 g/mol. The van der Waals surface area contributed by atoms with Gasteiger partial charge in [-0.25, -0.2) is 0 Å². The first-order valence-electron chi connectivity index (χ1n) is 26.4. The summed E-state index contributed by atoms with van der Waals surface area (Å²) < 4.78 is 17.3. The molecule has 0 rings (SSSR count). The van der Waals surface area contributed by atoms with Crippen LogP contribution in [0.25, 0.3) is 0 Å². The molecule has 0 aromatic rings. The lowest BCUT2D eigenvalue weighted by molar-refractivity contribution is -0.162. The Morgan fingerprint density at radius 1 is 0.364 bits per heavy atom. The summed E-state index contributed by atoms with van der Waals surface area (Å²) in [6, 6.07) is 0. The van der Waals surface area contributed by atoms with Gasteiger partial charge in [-0.1, -0.05) is 212 Å². The van der Waals surface area contributed by atoms with Crippen LogP contribution in [0.5, 0.6) is 0 Å². The normalized spacial score (nSPS) is 13.4. The van der Waals surface area contributed by atoms with Gasteiger partial charge in [-0.15, -0.1) is 0 Å². The fraction of sp³-hybridized carbons (Fsp3) is 0.574. The predicted octanol–water partition coefficient (Wildman–Crippen LogP) is 18.1. The number of unbranched alkanes of at least 4 members (excludes halogenated alkanes) is 12. The second-order valence-electron chi connectivity index (χ2n) is 16.7. The van der Waals surface area contributed by atoms with E-state index in [4.69, 9.17) is 14.2 Å². The Labute approximate surface area is 406 Å². The van der Waals surface area contributed by atoms with Crippen molar-refractivity contribution in [1.29, 1.82) is 0 Å². The summed E-state index contributed by atoms with van der Waals surface area (Å²) >= 11 is 0. The zero-order chi connectivity index (χ0) is 47.7. The van der Waals surface area contributed by atoms with E-state index in [2.05, 4.69) is 154 Å². The van der Waals surface area contributed by atoms with Gasteiger partial charge in [0.15, 0.2) is 6.10 Å². The van der Waals surface area contributed by atoms with E-state index < -0.39 is 6.10 Å². The number of hydrogen-bond donors (Lipinski definition) is 0. The topological polar surface area (TPSA) is 61.8 Å². The van der Waals surface area contributed by atoms with E-state index in [-0.39, 0.29) is 31.6 Å². The number of esters is 2. The van der Waals surface area contributed by atoms with Crippen LogP contribution < -0.4 is 0 Å². The summed E-state index contributed by atoms with van der Waals surface area (Å²) in [4.78, 5) is 25.3. The molecule has 5 nitrogen and oxygen atoms in total. The van der Waals surface area contributed by atoms with Gasteiger partial charge < -0.3 is 14.2 Å². The van der Waals surface area contributed by atoms with Gasteiger partial charge in [-0.05, 0) is 122 Å². The highest BCUT2D eigenvalue weighted by Crippen LogP contribution is 2.11. The Morgan fingerprint density at radius 3 is 1.17 bits per heavy atom. The second-order valence-corrected chi connectivity index (χ2v) is 16.7. The molecule has 0 heterocycles. The van der Waals surface area contributed by atoms with Gasteiger partial charge in [0.05, 0.1) is 13.0 Å². The molecular formula is C61H96O5. The van der Waals surface area contributed by atoms with E-state index >= 15 is 0 Å². The van der Waals surface area contributed by atoms with Crippen LogP contribution in [0.15, 0.2) is 146 Å². The number of ether oxygens (including phenoxy) is 3. The van der Waals surface area contributed by atoms with E-state index in [1.54, 1.807) is 0 Å². The number of hydrogen-bond acceptors (Lipinski definition) is 5. The van der Waals surface area contributed by atoms with Crippen LogP contribution in [0.4, 0.5) is 0 Å². The largest absolute Gasteiger partial charge is 0.461 e. The molecule has 0 aliphatic carbocycles. The molecule has 1 unspecified atom stereocenters. The molecule has 0 fully saturated rings. The fourth-order valence-electron chi connectivity index (χ4n) is 6.52. The predicted molar refractivity (Wildman–Crippen MR) is 288 cm³/mol. The first-order chi connectivity index (χ1) is 32.6. The lowest BCUT2D eigenvalue weighted by Crippen LogP contribution is -2.30. The molecule has 1 atom stereocenters. The minimum absolute atomic E-state index is 0.0000270. The summed E-state index contributed by atoms with van der Waals surface area (Å²) in [5.74, 6) is -0.609. The van der Waals surface area contributed by atoms with Gasteiger partial charge in [-0.2, -0.15) is 0 Å². The maximum atomic E-state index is 12.8. The van der Waals surface area contributed by atoms with Gasteiger partial charge in [0.2, 0.25) is 0 Å². The van der Waals surface area contributed by atoms with Crippen LogP contribution in [-0.2, 0) is 23.8 Å². The minimum atomic E-state index is -0.614. The first-order valence-corrected chi connectivity index (χ1v) is 26.4. The van der Waals surface area contributed by atoms with Crippen LogP contribution in [0.3, 0.4) is 0 Å². The lowest BCUT2D eigenvalue weighted by Gasteiger charge is -2.18. The molecule has 0 aliphatic heterocycles. The highest BCUT2D eigenvalue weighted by Gasteiger charge is 2.17. The molecule has 0 aliphatic rings. The number of allylic oxidation sites excluding steroid dienone is 23. The molecule has 0 aromatic heterocycles. The average Bonchev–Trinajstić information content (AvgIpc) is 3.32. The molecule has 66 heavy (non-hydrogen) atoms. The SMILES string of the molecule is CC/C=C\C/C=C\C/C=C\C/C=C\C/C=C\CC(=O)OCC(COCCCCCCCCC/C=C\C/C=C\C/C=C\CCCCC)OC(=O)CCCC/C=C\C/C=C\C/C=C\C/C=C\CC. The molecule has 5 heteroatoms. The molecule has 0 spiro atoms. The molecule has 0 aromatic carbocycles. The minimum Gasteiger partial charge on any atom is -0.461 e. The highest BCUT2D eigenvalue weighted by atomic mass is 16.6. The summed E-state index contributed by atoms with van der Waals surface area (Å²) in [7, 11) is 0. The van der Waals surface area contributed by atoms with Crippen molar-refractivity contribution < 1.29 is 23.8 Å². The molecule has 0 saturated heterocycles. The molecule has 0 saturated carbocycles. The Hall–Kier alpha value is -4.22. The quantitative estimate of drug-likeness (QED) is 0.0346. The van der Waals surface area contributed by atoms with E-state index in [1.807, 2.05) is 12.2 Å². The number of rotatable bonds is 46. The number of carbonyl (C=O) groups excluding carboxylic acids is 2. The van der Waals surface area contributed by atoms with Gasteiger partial charge in [0, 0.05) is 13.0 Å². The van der Waals surface area contributed by atoms with Crippen LogP contribution in [0, 0.1) is 0 Å². The van der Waals surface area contributed by atoms with Crippen molar-refractivity contribution in [3.63, 3.8) is 0 Å². The standard InChI is InChI=1S/C61H96O5/c1-4-7-10-13-16-19-22-25-28-29-30-31-32-35-38-41-44-47-50-53-56-64-57-59(66-61(63)55-52-49-46-43-40-37-34-27-24-21-18-15-12-9-6-3)58-65-60(62)54-51-48-45-42-39-36-33-26-23-20-17-14-11-8-5-2/h8-9,11-12,16-21,25-28,30-31,33-34,39-40,42-43,48,51,59H,4-7,10,13-15,22-24,29,32,35-38,41,44-47,49-50,52-58H2,1-3H3/b11-8-,12-9-,19-16-,20-17-,21-18-,28-25-,31-30-,33-26-,34-27-,42-39-,43-40-,51-48-. The Morgan fingerprint density at radius 2 is 0.727 bits per heavy atom. The maximum absolute atomic E-state index is 12.8. The Bertz CT molecular complexity index is 1450. The van der Waals surface area contributed by atoms with Gasteiger partial charge in [-0.3, -0.25) is 9.59 Å². The third-order valence-corrected chi connectivity index (χ3v) is 10.4. The summed E-state index contributed by atoms with van der Waals surface area (Å²) in [5, 5.41) is 0. The van der Waals surface area contributed by atoms with Gasteiger partial charge in [0.25, 0.3) is 0 Å². The molecule has 0 radical (unpaired) electrons. The van der Waals surface area contributed by atoms with E-state index in [1.165, 1.54) is 57.8 Å². The van der Waals surface area contributed by atoms with Crippen molar-refractivity contribution in [3.05, 3.63) is 146 Å². The van der Waals surface area contributed by atoms with Crippen molar-refractivity contribution in [3.8, 4) is 0 Å². The summed E-state index contributed by atoms with van der Waals surface area (Å²) in [6.45, 7) is 7.37. The molecule has 0 amide bonds. The third kappa shape index (κ3) is 52.4. The van der Waals surface area contributed by atoms with Crippen LogP contribution >= 0.6 is 0 Å². The maximum Gasteiger partial charge on any atom is 0.309 e. The average molecular weight is 909 g/mol. The third-order valence-electron chi connectivity index (χ3n) is 10.4. The zero-order valence-electron chi connectivity index (χ0n) is 42.4. The van der Waals surface area contributed by atoms with Gasteiger partial charge in [0.1, 0.15) is 6.61 Å². The lowest BCUT2D eigenvalue weighted by atomic mass is 10.1. The van der Waals surface area contributed by atoms with E-state index in [0.29, 0.717) is 13.0 Å². The van der Waals surface area contributed by atoms with Crippen molar-refractivity contribution >= 4 is 11.9 Å². The molecule has 0 bridgehead atoms. The Kier molecular flexibility index (Phi) is 51.6. The first kappa shape index (κ1) is 61.8. The van der Waals surface area contributed by atoms with Crippen LogP contribution in [0.2, 0.25) is 0 Å². The summed E-state index contributed by atoms with van der Waals surface area (Å²) in [6.07, 6.45) is 80.3. The second kappa shape index (κ2) is 55.1. The zero-order valence-corrected chi connectivity index (χ0v) is 42.4. The van der Waals surface area contributed by atoms with E-state index in [0.717, 1.165) is 109 Å². The fourth-order valence-corrected chi connectivity index (χ4v) is 6.52. The molecule has 0 N–H and O–H groups in total. The van der Waals surface area contributed by atoms with Crippen molar-refractivity contribution in [2.24, 2.45) is 0 Å². The van der Waals surface area contributed by atoms with Crippen molar-refractivity contribution in [2.45, 2.75) is 207 Å². The van der Waals surface area contributed by atoms with E-state index in [9.17, 15) is 9.59 Å². The van der Waals surface area contributed by atoms with Gasteiger partial charge >= 0.3 is 11.9 Å².